The molecular weight excluding hydrogens is 555 g/mol. The highest BCUT2D eigenvalue weighted by Gasteiger charge is 2.40. The summed E-state index contributed by atoms with van der Waals surface area (Å²) in [6, 6.07) is 10.8. The molecule has 10 heteroatoms. The molecule has 0 atom stereocenters. The number of rotatable bonds is 7. The molecule has 2 aromatic rings. The van der Waals surface area contributed by atoms with Crippen molar-refractivity contribution in [3.05, 3.63) is 40.9 Å². The molecule has 0 saturated heterocycles. The van der Waals surface area contributed by atoms with Gasteiger partial charge in [0.15, 0.2) is 11.5 Å². The summed E-state index contributed by atoms with van der Waals surface area (Å²) in [6.45, 7) is 21.9. The maximum Gasteiger partial charge on any atom is 0.488 e. The number of ether oxygens (including phenoxy) is 2. The molecule has 2 N–H and O–H groups in total. The fourth-order valence-corrected chi connectivity index (χ4v) is 4.89. The molecule has 0 aromatic heterocycles. The molecule has 202 valence electrons. The fraction of sp³-hybridized carbons (Fsp3) is 0.538. The van der Waals surface area contributed by atoms with Crippen molar-refractivity contribution >= 4 is 45.1 Å². The summed E-state index contributed by atoms with van der Waals surface area (Å²) in [6.07, 6.45) is 0. The first-order chi connectivity index (χ1) is 16.3. The van der Waals surface area contributed by atoms with E-state index < -0.39 is 23.8 Å². The zero-order valence-corrected chi connectivity index (χ0v) is 27.5. The van der Waals surface area contributed by atoms with E-state index in [-0.39, 0.29) is 10.1 Å². The lowest BCUT2D eigenvalue weighted by atomic mass is 9.80. The van der Waals surface area contributed by atoms with Crippen LogP contribution in [0.2, 0.25) is 36.3 Å². The minimum absolute atomic E-state index is 0.0614. The molecule has 0 amide bonds. The summed E-state index contributed by atoms with van der Waals surface area (Å²) >= 11 is 3.46. The number of methoxy groups -OCH3 is 2. The smallest absolute Gasteiger partial charge is 0.488 e. The van der Waals surface area contributed by atoms with Crippen molar-refractivity contribution in [2.75, 3.05) is 14.2 Å². The van der Waals surface area contributed by atoms with E-state index in [0.29, 0.717) is 17.0 Å². The Morgan fingerprint density at radius 1 is 0.667 bits per heavy atom. The number of benzene rings is 2. The molecule has 0 spiro atoms. The summed E-state index contributed by atoms with van der Waals surface area (Å²) in [5.41, 5.74) is 0.398. The van der Waals surface area contributed by atoms with Gasteiger partial charge in [-0.3, -0.25) is 0 Å². The van der Waals surface area contributed by atoms with E-state index >= 15 is 0 Å². The fourth-order valence-electron chi connectivity index (χ4n) is 2.52. The second-order valence-corrected chi connectivity index (χ2v) is 22.2. The first-order valence-electron chi connectivity index (χ1n) is 12.0. The highest BCUT2D eigenvalue weighted by molar-refractivity contribution is 9.10. The summed E-state index contributed by atoms with van der Waals surface area (Å²) in [5.74, 6) is 2.79. The van der Waals surface area contributed by atoms with Gasteiger partial charge in [-0.1, -0.05) is 63.5 Å². The van der Waals surface area contributed by atoms with E-state index in [1.54, 1.807) is 32.4 Å². The molecule has 0 heterocycles. The predicted octanol–water partition coefficient (Wildman–Crippen LogP) is 6.60. The third-order valence-electron chi connectivity index (χ3n) is 6.95. The van der Waals surface area contributed by atoms with Crippen molar-refractivity contribution in [2.24, 2.45) is 0 Å². The molecule has 2 aromatic carbocycles. The Kier molecular flexibility index (Phi) is 11.2. The standard InChI is InChI=1S/C13H23BO4Si.C13H21BrO2Si/c1-13(2,3)19(5,6)18-12-9-10(14(15)16)7-8-11(12)17-4;1-13(2,3)17(5,6)16-12-9-10(14)7-8-11(12)15-4/h7-9,15-16H,1-6H3;7-9H,1-6H3. The molecule has 0 bridgehead atoms. The zero-order chi connectivity index (χ0) is 28.1. The van der Waals surface area contributed by atoms with E-state index in [2.05, 4.69) is 83.7 Å². The maximum absolute atomic E-state index is 9.24. The lowest BCUT2D eigenvalue weighted by molar-refractivity contribution is 0.385. The molecule has 36 heavy (non-hydrogen) atoms. The van der Waals surface area contributed by atoms with Gasteiger partial charge in [0.1, 0.15) is 11.5 Å². The third-order valence-corrected chi connectivity index (χ3v) is 16.1. The second kappa shape index (κ2) is 12.4. The van der Waals surface area contributed by atoms with Gasteiger partial charge in [-0.2, -0.15) is 0 Å². The highest BCUT2D eigenvalue weighted by atomic mass is 79.9. The first kappa shape index (κ1) is 32.6. The van der Waals surface area contributed by atoms with Gasteiger partial charge >= 0.3 is 7.12 Å². The topological polar surface area (TPSA) is 77.4 Å². The Morgan fingerprint density at radius 3 is 1.42 bits per heavy atom. The summed E-state index contributed by atoms with van der Waals surface area (Å²) < 4.78 is 24.0. The average molecular weight is 600 g/mol. The van der Waals surface area contributed by atoms with Crippen LogP contribution in [0.15, 0.2) is 40.9 Å². The van der Waals surface area contributed by atoms with Crippen LogP contribution in [-0.4, -0.2) is 48.0 Å². The largest absolute Gasteiger partial charge is 0.541 e. The first-order valence-corrected chi connectivity index (χ1v) is 18.6. The lowest BCUT2D eigenvalue weighted by Gasteiger charge is -2.36. The van der Waals surface area contributed by atoms with Gasteiger partial charge in [0, 0.05) is 4.47 Å². The van der Waals surface area contributed by atoms with Crippen LogP contribution in [0.1, 0.15) is 41.5 Å². The van der Waals surface area contributed by atoms with Crippen LogP contribution < -0.4 is 23.8 Å². The Bertz CT molecular complexity index is 1000. The molecule has 0 aliphatic carbocycles. The minimum atomic E-state index is -1.99. The molecule has 0 aliphatic heterocycles. The van der Waals surface area contributed by atoms with Crippen LogP contribution in [0.5, 0.6) is 23.0 Å². The van der Waals surface area contributed by atoms with Crippen LogP contribution in [-0.2, 0) is 0 Å². The molecule has 0 aliphatic rings. The zero-order valence-electron chi connectivity index (χ0n) is 23.9. The van der Waals surface area contributed by atoms with Crippen molar-refractivity contribution in [1.82, 2.24) is 0 Å². The van der Waals surface area contributed by atoms with Crippen molar-refractivity contribution in [3.63, 3.8) is 0 Å². The van der Waals surface area contributed by atoms with Gasteiger partial charge in [-0.25, -0.2) is 0 Å². The third kappa shape index (κ3) is 8.83. The molecular formula is C26H44BBrO6Si2. The van der Waals surface area contributed by atoms with Crippen LogP contribution in [0.3, 0.4) is 0 Å². The quantitative estimate of drug-likeness (QED) is 0.350. The maximum atomic E-state index is 9.24. The van der Waals surface area contributed by atoms with Crippen molar-refractivity contribution in [3.8, 4) is 23.0 Å². The summed E-state index contributed by atoms with van der Waals surface area (Å²) in [4.78, 5) is 0. The van der Waals surface area contributed by atoms with Gasteiger partial charge in [0.25, 0.3) is 16.6 Å². The molecule has 0 radical (unpaired) electrons. The van der Waals surface area contributed by atoms with E-state index in [9.17, 15) is 10.0 Å². The Morgan fingerprint density at radius 2 is 1.06 bits per heavy atom. The highest BCUT2D eigenvalue weighted by Crippen LogP contribution is 2.41. The molecule has 2 rings (SSSR count). The Balaban J connectivity index is 0.000000362. The Hall–Kier alpha value is -1.46. The molecule has 6 nitrogen and oxygen atoms in total. The number of hydrogen-bond acceptors (Lipinski definition) is 6. The van der Waals surface area contributed by atoms with Gasteiger partial charge in [-0.15, -0.1) is 0 Å². The minimum Gasteiger partial charge on any atom is -0.541 e. The van der Waals surface area contributed by atoms with Crippen molar-refractivity contribution in [2.45, 2.75) is 77.8 Å². The van der Waals surface area contributed by atoms with Gasteiger partial charge in [0.2, 0.25) is 0 Å². The summed E-state index contributed by atoms with van der Waals surface area (Å²) in [5, 5.41) is 18.7. The normalized spacial score (nSPS) is 12.3. The van der Waals surface area contributed by atoms with E-state index in [1.165, 1.54) is 0 Å². The SMILES string of the molecule is COc1ccc(B(O)O)cc1O[Si](C)(C)C(C)(C)C.COc1ccc(Br)cc1O[Si](C)(C)C(C)(C)C. The number of hydrogen-bond donors (Lipinski definition) is 2. The van der Waals surface area contributed by atoms with E-state index in [4.69, 9.17) is 18.3 Å². The molecule has 0 fully saturated rings. The summed E-state index contributed by atoms with van der Waals surface area (Å²) in [7, 11) is -2.08. The predicted molar refractivity (Wildman–Crippen MR) is 159 cm³/mol. The average Bonchev–Trinajstić information content (AvgIpc) is 2.72. The molecule has 0 saturated carbocycles. The van der Waals surface area contributed by atoms with Crippen LogP contribution in [0.4, 0.5) is 0 Å². The van der Waals surface area contributed by atoms with Crippen LogP contribution in [0.25, 0.3) is 0 Å². The Labute approximate surface area is 228 Å². The lowest BCUT2D eigenvalue weighted by Crippen LogP contribution is -2.44. The van der Waals surface area contributed by atoms with E-state index in [0.717, 1.165) is 16.0 Å². The van der Waals surface area contributed by atoms with E-state index in [1.807, 2.05) is 18.2 Å². The van der Waals surface area contributed by atoms with Crippen molar-refractivity contribution in [1.29, 1.82) is 0 Å². The van der Waals surface area contributed by atoms with Gasteiger partial charge in [0.05, 0.1) is 14.2 Å². The van der Waals surface area contributed by atoms with Gasteiger partial charge < -0.3 is 28.4 Å². The van der Waals surface area contributed by atoms with Crippen molar-refractivity contribution < 1.29 is 28.4 Å². The molecule has 0 unspecified atom stereocenters. The second-order valence-electron chi connectivity index (χ2n) is 11.8. The monoisotopic (exact) mass is 598 g/mol. The van der Waals surface area contributed by atoms with Crippen LogP contribution >= 0.6 is 15.9 Å². The van der Waals surface area contributed by atoms with Gasteiger partial charge in [-0.05, 0) is 72.1 Å². The number of halogens is 1. The van der Waals surface area contributed by atoms with Crippen LogP contribution in [0, 0.1) is 0 Å².